The zero-order valence-corrected chi connectivity index (χ0v) is 19.8. The Balaban J connectivity index is 1.14. The number of ether oxygens (including phenoxy) is 1. The van der Waals surface area contributed by atoms with Crippen molar-refractivity contribution < 1.29 is 27.8 Å². The molecule has 1 aromatic carbocycles. The molecule has 0 amide bonds. The molecule has 6 nitrogen and oxygen atoms in total. The van der Waals surface area contributed by atoms with E-state index in [1.807, 2.05) is 13.0 Å². The molecular weight excluding hydrogens is 459 g/mol. The lowest BCUT2D eigenvalue weighted by Gasteiger charge is -2.47. The molecule has 1 unspecified atom stereocenters. The molecule has 188 valence electrons. The Labute approximate surface area is 202 Å². The van der Waals surface area contributed by atoms with Crippen LogP contribution in [0.5, 0.6) is 0 Å². The van der Waals surface area contributed by atoms with E-state index in [9.17, 15) is 23.1 Å². The molecule has 2 fully saturated rings. The first kappa shape index (κ1) is 24.1. The first-order valence-electron chi connectivity index (χ1n) is 12.1. The largest absolute Gasteiger partial charge is 0.457 e. The standard InChI is InChI=1S/C26H30F3N3O3/c1-17-19(3-4-20-21(17)16-35-24(20)34)22(33)15-31-10-6-25(7-11-31)8-12-32(13-9-25)23-5-2-18(14-30-23)26(27,28)29/h2-5,14,22,33H,6-13,15-16H2,1H3. The van der Waals surface area contributed by atoms with Gasteiger partial charge in [-0.05, 0) is 80.4 Å². The molecule has 9 heteroatoms. The molecule has 2 saturated heterocycles. The number of esters is 1. The molecule has 1 aromatic heterocycles. The highest BCUT2D eigenvalue weighted by molar-refractivity contribution is 5.93. The highest BCUT2D eigenvalue weighted by Crippen LogP contribution is 2.42. The van der Waals surface area contributed by atoms with Crippen molar-refractivity contribution in [1.29, 1.82) is 0 Å². The number of aliphatic hydroxyl groups excluding tert-OH is 1. The Morgan fingerprint density at radius 1 is 1.09 bits per heavy atom. The van der Waals surface area contributed by atoms with Crippen molar-refractivity contribution in [2.75, 3.05) is 37.6 Å². The summed E-state index contributed by atoms with van der Waals surface area (Å²) in [5.74, 6) is 0.302. The van der Waals surface area contributed by atoms with Gasteiger partial charge in [-0.15, -0.1) is 0 Å². The second-order valence-electron chi connectivity index (χ2n) is 10.1. The lowest BCUT2D eigenvalue weighted by Crippen LogP contribution is -2.47. The molecule has 5 rings (SSSR count). The van der Waals surface area contributed by atoms with Crippen molar-refractivity contribution in [3.63, 3.8) is 0 Å². The topological polar surface area (TPSA) is 65.9 Å². The van der Waals surface area contributed by atoms with E-state index in [2.05, 4.69) is 14.8 Å². The van der Waals surface area contributed by atoms with Crippen molar-refractivity contribution in [1.82, 2.24) is 9.88 Å². The fraction of sp³-hybridized carbons (Fsp3) is 0.538. The molecule has 4 heterocycles. The Hall–Kier alpha value is -2.65. The number of halogens is 3. The Kier molecular flexibility index (Phi) is 6.25. The van der Waals surface area contributed by atoms with E-state index in [1.165, 1.54) is 6.07 Å². The van der Waals surface area contributed by atoms with E-state index >= 15 is 0 Å². The van der Waals surface area contributed by atoms with Crippen LogP contribution in [0.25, 0.3) is 0 Å². The predicted octanol–water partition coefficient (Wildman–Crippen LogP) is 4.50. The van der Waals surface area contributed by atoms with Gasteiger partial charge in [-0.3, -0.25) is 0 Å². The number of carbonyl (C=O) groups excluding carboxylic acids is 1. The fourth-order valence-corrected chi connectivity index (χ4v) is 5.73. The van der Waals surface area contributed by atoms with Gasteiger partial charge in [-0.25, -0.2) is 9.78 Å². The van der Waals surface area contributed by atoms with E-state index in [0.717, 1.165) is 80.8 Å². The number of alkyl halides is 3. The van der Waals surface area contributed by atoms with Crippen molar-refractivity contribution in [2.24, 2.45) is 5.41 Å². The predicted molar refractivity (Wildman–Crippen MR) is 124 cm³/mol. The van der Waals surface area contributed by atoms with Gasteiger partial charge in [0.1, 0.15) is 12.4 Å². The van der Waals surface area contributed by atoms with Crippen LogP contribution >= 0.6 is 0 Å². The number of anilines is 1. The minimum Gasteiger partial charge on any atom is -0.457 e. The van der Waals surface area contributed by atoms with E-state index in [0.29, 0.717) is 17.9 Å². The molecule has 0 bridgehead atoms. The molecule has 0 saturated carbocycles. The monoisotopic (exact) mass is 489 g/mol. The van der Waals surface area contributed by atoms with Crippen LogP contribution in [0.3, 0.4) is 0 Å². The maximum absolute atomic E-state index is 12.8. The molecule has 3 aliphatic rings. The van der Waals surface area contributed by atoms with Crippen LogP contribution in [0.2, 0.25) is 0 Å². The molecule has 0 radical (unpaired) electrons. The third kappa shape index (κ3) is 4.76. The number of β-amino-alcohol motifs (C(OH)–C–C–N with tert-alkyl or cyclic N) is 1. The zero-order chi connectivity index (χ0) is 24.8. The Bertz CT molecular complexity index is 1090. The summed E-state index contributed by atoms with van der Waals surface area (Å²) in [6, 6.07) is 6.15. The summed E-state index contributed by atoms with van der Waals surface area (Å²) in [5, 5.41) is 10.9. The number of rotatable bonds is 4. The van der Waals surface area contributed by atoms with Crippen molar-refractivity contribution in [2.45, 2.75) is 51.5 Å². The Morgan fingerprint density at radius 3 is 2.40 bits per heavy atom. The minimum atomic E-state index is -4.37. The maximum Gasteiger partial charge on any atom is 0.417 e. The summed E-state index contributed by atoms with van der Waals surface area (Å²) < 4.78 is 43.5. The number of cyclic esters (lactones) is 1. The number of aliphatic hydroxyl groups is 1. The quantitative estimate of drug-likeness (QED) is 0.639. The van der Waals surface area contributed by atoms with Crippen LogP contribution < -0.4 is 4.90 Å². The summed E-state index contributed by atoms with van der Waals surface area (Å²) in [6.07, 6.45) is -0.0201. The summed E-state index contributed by atoms with van der Waals surface area (Å²) in [5.41, 5.74) is 2.76. The number of carbonyl (C=O) groups is 1. The normalized spacial score (nSPS) is 21.2. The molecule has 1 atom stereocenters. The number of fused-ring (bicyclic) bond motifs is 1. The Morgan fingerprint density at radius 2 is 1.77 bits per heavy atom. The number of benzene rings is 1. The number of piperidine rings is 2. The van der Waals surface area contributed by atoms with Gasteiger partial charge in [0.05, 0.1) is 17.2 Å². The summed E-state index contributed by atoms with van der Waals surface area (Å²) >= 11 is 0. The van der Waals surface area contributed by atoms with Crippen LogP contribution in [0, 0.1) is 12.3 Å². The van der Waals surface area contributed by atoms with Crippen LogP contribution in [-0.2, 0) is 17.5 Å². The molecule has 0 aliphatic carbocycles. The number of aromatic nitrogens is 1. The SMILES string of the molecule is Cc1c(C(O)CN2CCC3(CC2)CCN(c2ccc(C(F)(F)F)cn2)CC3)ccc2c1COC2=O. The minimum absolute atomic E-state index is 0.241. The number of hydrogen-bond donors (Lipinski definition) is 1. The average molecular weight is 490 g/mol. The highest BCUT2D eigenvalue weighted by Gasteiger charge is 2.38. The molecule has 3 aliphatic heterocycles. The van der Waals surface area contributed by atoms with Gasteiger partial charge in [-0.1, -0.05) is 6.07 Å². The van der Waals surface area contributed by atoms with Gasteiger partial charge < -0.3 is 19.6 Å². The van der Waals surface area contributed by atoms with Crippen LogP contribution in [0.15, 0.2) is 30.5 Å². The van der Waals surface area contributed by atoms with Crippen LogP contribution in [0.4, 0.5) is 19.0 Å². The molecule has 1 spiro atoms. The van der Waals surface area contributed by atoms with Gasteiger partial charge in [0.15, 0.2) is 0 Å². The molecule has 35 heavy (non-hydrogen) atoms. The molecule has 1 N–H and O–H groups in total. The van der Waals surface area contributed by atoms with E-state index < -0.39 is 17.8 Å². The van der Waals surface area contributed by atoms with E-state index in [4.69, 9.17) is 4.74 Å². The van der Waals surface area contributed by atoms with Crippen molar-refractivity contribution in [3.8, 4) is 0 Å². The number of likely N-dealkylation sites (tertiary alicyclic amines) is 1. The van der Waals surface area contributed by atoms with Crippen LogP contribution in [-0.4, -0.2) is 53.7 Å². The number of hydrogen-bond acceptors (Lipinski definition) is 6. The van der Waals surface area contributed by atoms with Gasteiger partial charge in [0.2, 0.25) is 0 Å². The highest BCUT2D eigenvalue weighted by atomic mass is 19.4. The van der Waals surface area contributed by atoms with Crippen LogP contribution in [0.1, 0.15) is 64.4 Å². The number of pyridine rings is 1. The summed E-state index contributed by atoms with van der Waals surface area (Å²) in [4.78, 5) is 20.2. The lowest BCUT2D eigenvalue weighted by atomic mass is 9.71. The zero-order valence-electron chi connectivity index (χ0n) is 19.8. The first-order valence-corrected chi connectivity index (χ1v) is 12.1. The first-order chi connectivity index (χ1) is 16.7. The number of nitrogens with zero attached hydrogens (tertiary/aromatic N) is 3. The van der Waals surface area contributed by atoms with Crippen molar-refractivity contribution in [3.05, 3.63) is 58.3 Å². The second kappa shape index (κ2) is 9.09. The third-order valence-electron chi connectivity index (χ3n) is 8.14. The summed E-state index contributed by atoms with van der Waals surface area (Å²) in [7, 11) is 0. The van der Waals surface area contributed by atoms with Gasteiger partial charge in [0, 0.05) is 31.4 Å². The van der Waals surface area contributed by atoms with E-state index in [-0.39, 0.29) is 18.0 Å². The summed E-state index contributed by atoms with van der Waals surface area (Å²) in [6.45, 7) is 6.14. The third-order valence-corrected chi connectivity index (χ3v) is 8.14. The molecule has 2 aromatic rings. The lowest BCUT2D eigenvalue weighted by molar-refractivity contribution is -0.137. The van der Waals surface area contributed by atoms with Gasteiger partial charge >= 0.3 is 12.1 Å². The average Bonchev–Trinajstić information content (AvgIpc) is 3.22. The maximum atomic E-state index is 12.8. The van der Waals surface area contributed by atoms with E-state index in [1.54, 1.807) is 6.07 Å². The van der Waals surface area contributed by atoms with Crippen molar-refractivity contribution >= 4 is 11.8 Å². The van der Waals surface area contributed by atoms with Gasteiger partial charge in [-0.2, -0.15) is 13.2 Å². The smallest absolute Gasteiger partial charge is 0.417 e. The van der Waals surface area contributed by atoms with Gasteiger partial charge in [0.25, 0.3) is 0 Å². The molecular formula is C26H30F3N3O3. The fourth-order valence-electron chi connectivity index (χ4n) is 5.73. The second-order valence-corrected chi connectivity index (χ2v) is 10.1.